The van der Waals surface area contributed by atoms with Crippen LogP contribution in [0.3, 0.4) is 0 Å². The van der Waals surface area contributed by atoms with Crippen LogP contribution in [0, 0.1) is 17.3 Å². The molecule has 2 aliphatic rings. The summed E-state index contributed by atoms with van der Waals surface area (Å²) in [4.78, 5) is 2.69. The normalized spacial score (nSPS) is 43.6. The van der Waals surface area contributed by atoms with Crippen molar-refractivity contribution in [2.45, 2.75) is 65.5 Å². The second kappa shape index (κ2) is 4.89. The molecule has 1 saturated heterocycles. The van der Waals surface area contributed by atoms with Gasteiger partial charge in [-0.25, -0.2) is 0 Å². The third-order valence-electron chi connectivity index (χ3n) is 4.60. The minimum atomic E-state index is 0.402. The molecule has 2 fully saturated rings. The van der Waals surface area contributed by atoms with E-state index in [9.17, 15) is 0 Å². The highest BCUT2D eigenvalue weighted by Crippen LogP contribution is 2.41. The van der Waals surface area contributed by atoms with Crippen molar-refractivity contribution in [3.8, 4) is 0 Å². The molecular formula is C15H30N2. The van der Waals surface area contributed by atoms with Gasteiger partial charge in [-0.15, -0.1) is 0 Å². The molecule has 4 atom stereocenters. The van der Waals surface area contributed by atoms with Gasteiger partial charge in [0.05, 0.1) is 0 Å². The number of nitrogens with two attached hydrogens (primary N) is 1. The molecule has 0 aromatic heterocycles. The first-order valence-corrected chi connectivity index (χ1v) is 7.35. The number of piperidine rings is 1. The molecule has 0 aromatic carbocycles. The highest BCUT2D eigenvalue weighted by molar-refractivity contribution is 4.91. The molecule has 0 amide bonds. The number of likely N-dealkylation sites (tertiary alicyclic amines) is 1. The SMILES string of the molecule is CC1CC(N)CN(C2CC(C)CC(C)(C)C2)C1. The first-order chi connectivity index (χ1) is 7.85. The third kappa shape index (κ3) is 3.45. The highest BCUT2D eigenvalue weighted by Gasteiger charge is 2.36. The highest BCUT2D eigenvalue weighted by atomic mass is 15.2. The summed E-state index contributed by atoms with van der Waals surface area (Å²) in [6, 6.07) is 1.18. The van der Waals surface area contributed by atoms with E-state index in [1.807, 2.05) is 0 Å². The lowest BCUT2D eigenvalue weighted by Gasteiger charge is -2.47. The van der Waals surface area contributed by atoms with Gasteiger partial charge in [0, 0.05) is 25.2 Å². The van der Waals surface area contributed by atoms with Crippen LogP contribution in [0.4, 0.5) is 0 Å². The summed E-state index contributed by atoms with van der Waals surface area (Å²) in [7, 11) is 0. The maximum atomic E-state index is 6.18. The van der Waals surface area contributed by atoms with Crippen LogP contribution in [0.5, 0.6) is 0 Å². The fraction of sp³-hybridized carbons (Fsp3) is 1.00. The Morgan fingerprint density at radius 3 is 2.29 bits per heavy atom. The zero-order chi connectivity index (χ0) is 12.6. The van der Waals surface area contributed by atoms with Crippen molar-refractivity contribution in [2.75, 3.05) is 13.1 Å². The largest absolute Gasteiger partial charge is 0.327 e. The molecule has 17 heavy (non-hydrogen) atoms. The van der Waals surface area contributed by atoms with Crippen LogP contribution < -0.4 is 5.73 Å². The summed E-state index contributed by atoms with van der Waals surface area (Å²) in [6.07, 6.45) is 5.33. The monoisotopic (exact) mass is 238 g/mol. The predicted molar refractivity (Wildman–Crippen MR) is 73.9 cm³/mol. The molecular weight excluding hydrogens is 208 g/mol. The van der Waals surface area contributed by atoms with Crippen LogP contribution in [0.25, 0.3) is 0 Å². The van der Waals surface area contributed by atoms with E-state index in [-0.39, 0.29) is 0 Å². The zero-order valence-electron chi connectivity index (χ0n) is 12.1. The van der Waals surface area contributed by atoms with Crippen LogP contribution in [0.2, 0.25) is 0 Å². The average Bonchev–Trinajstić information content (AvgIpc) is 2.12. The number of rotatable bonds is 1. The fourth-order valence-electron chi connectivity index (χ4n) is 4.31. The molecule has 1 aliphatic heterocycles. The number of hydrogen-bond acceptors (Lipinski definition) is 2. The average molecular weight is 238 g/mol. The third-order valence-corrected chi connectivity index (χ3v) is 4.60. The lowest BCUT2D eigenvalue weighted by molar-refractivity contribution is 0.0361. The Morgan fingerprint density at radius 1 is 1.00 bits per heavy atom. The Labute approximate surface area is 107 Å². The zero-order valence-corrected chi connectivity index (χ0v) is 12.1. The summed E-state index contributed by atoms with van der Waals surface area (Å²) >= 11 is 0. The van der Waals surface area contributed by atoms with Crippen molar-refractivity contribution in [1.29, 1.82) is 0 Å². The van der Waals surface area contributed by atoms with Crippen molar-refractivity contribution < 1.29 is 0 Å². The summed E-state index contributed by atoms with van der Waals surface area (Å²) in [5.41, 5.74) is 6.70. The fourth-order valence-corrected chi connectivity index (χ4v) is 4.31. The van der Waals surface area contributed by atoms with Gasteiger partial charge in [-0.3, -0.25) is 4.90 Å². The molecule has 2 heteroatoms. The lowest BCUT2D eigenvalue weighted by Crippen LogP contribution is -2.53. The molecule has 4 unspecified atom stereocenters. The van der Waals surface area contributed by atoms with Crippen LogP contribution in [-0.2, 0) is 0 Å². The van der Waals surface area contributed by atoms with Crippen molar-refractivity contribution in [3.63, 3.8) is 0 Å². The van der Waals surface area contributed by atoms with Crippen LogP contribution >= 0.6 is 0 Å². The Hall–Kier alpha value is -0.0800. The van der Waals surface area contributed by atoms with Crippen molar-refractivity contribution in [3.05, 3.63) is 0 Å². The molecule has 0 aromatic rings. The molecule has 0 radical (unpaired) electrons. The first-order valence-electron chi connectivity index (χ1n) is 7.35. The summed E-state index contributed by atoms with van der Waals surface area (Å²) in [6.45, 7) is 12.0. The van der Waals surface area contributed by atoms with Crippen LogP contribution in [-0.4, -0.2) is 30.1 Å². The van der Waals surface area contributed by atoms with Gasteiger partial charge in [0.1, 0.15) is 0 Å². The predicted octanol–water partition coefficient (Wildman–Crippen LogP) is 2.87. The topological polar surface area (TPSA) is 29.3 Å². The first kappa shape index (κ1) is 13.4. The van der Waals surface area contributed by atoms with Gasteiger partial charge < -0.3 is 5.73 Å². The standard InChI is InChI=1S/C15H30N2/c1-11-6-14(8-15(3,4)7-11)17-9-12(2)5-13(16)10-17/h11-14H,5-10,16H2,1-4H3. The summed E-state index contributed by atoms with van der Waals surface area (Å²) < 4.78 is 0. The maximum Gasteiger partial charge on any atom is 0.0170 e. The van der Waals surface area contributed by atoms with Gasteiger partial charge in [0.2, 0.25) is 0 Å². The molecule has 0 spiro atoms. The van der Waals surface area contributed by atoms with Crippen molar-refractivity contribution in [1.82, 2.24) is 4.90 Å². The summed E-state index contributed by atoms with van der Waals surface area (Å²) in [5, 5.41) is 0. The Bertz CT molecular complexity index is 252. The van der Waals surface area contributed by atoms with Gasteiger partial charge >= 0.3 is 0 Å². The molecule has 1 heterocycles. The Balaban J connectivity index is 2.01. The minimum absolute atomic E-state index is 0.402. The van der Waals surface area contributed by atoms with Gasteiger partial charge in [-0.2, -0.15) is 0 Å². The smallest absolute Gasteiger partial charge is 0.0170 e. The maximum absolute atomic E-state index is 6.18. The van der Waals surface area contributed by atoms with E-state index < -0.39 is 0 Å². The van der Waals surface area contributed by atoms with Gasteiger partial charge in [-0.05, 0) is 42.9 Å². The van der Waals surface area contributed by atoms with Gasteiger partial charge in [0.15, 0.2) is 0 Å². The number of nitrogens with zero attached hydrogens (tertiary/aromatic N) is 1. The molecule has 1 aliphatic carbocycles. The summed E-state index contributed by atoms with van der Waals surface area (Å²) in [5.74, 6) is 1.65. The second-order valence-corrected chi connectivity index (χ2v) is 7.62. The van der Waals surface area contributed by atoms with Crippen LogP contribution in [0.1, 0.15) is 53.4 Å². The Morgan fingerprint density at radius 2 is 1.71 bits per heavy atom. The van der Waals surface area contributed by atoms with E-state index in [1.54, 1.807) is 0 Å². The van der Waals surface area contributed by atoms with Crippen molar-refractivity contribution >= 4 is 0 Å². The van der Waals surface area contributed by atoms with E-state index in [1.165, 1.54) is 32.2 Å². The van der Waals surface area contributed by atoms with Gasteiger partial charge in [-0.1, -0.05) is 27.7 Å². The molecule has 1 saturated carbocycles. The minimum Gasteiger partial charge on any atom is -0.327 e. The van der Waals surface area contributed by atoms with E-state index >= 15 is 0 Å². The molecule has 0 bridgehead atoms. The molecule has 2 N–H and O–H groups in total. The van der Waals surface area contributed by atoms with E-state index in [0.717, 1.165) is 24.4 Å². The van der Waals surface area contributed by atoms with E-state index in [4.69, 9.17) is 5.73 Å². The number of hydrogen-bond donors (Lipinski definition) is 1. The molecule has 2 nitrogen and oxygen atoms in total. The van der Waals surface area contributed by atoms with E-state index in [0.29, 0.717) is 11.5 Å². The van der Waals surface area contributed by atoms with Crippen molar-refractivity contribution in [2.24, 2.45) is 23.0 Å². The molecule has 2 rings (SSSR count). The van der Waals surface area contributed by atoms with E-state index in [2.05, 4.69) is 32.6 Å². The van der Waals surface area contributed by atoms with Gasteiger partial charge in [0.25, 0.3) is 0 Å². The molecule has 100 valence electrons. The Kier molecular flexibility index (Phi) is 3.84. The second-order valence-electron chi connectivity index (χ2n) is 7.62. The van der Waals surface area contributed by atoms with Crippen LogP contribution in [0.15, 0.2) is 0 Å². The quantitative estimate of drug-likeness (QED) is 0.761. The lowest BCUT2D eigenvalue weighted by atomic mass is 9.70.